The molecule has 30 heavy (non-hydrogen) atoms. The molecule has 0 aliphatic rings. The summed E-state index contributed by atoms with van der Waals surface area (Å²) < 4.78 is 0. The summed E-state index contributed by atoms with van der Waals surface area (Å²) in [6, 6.07) is 24.0. The van der Waals surface area contributed by atoms with E-state index in [1.807, 2.05) is 78.9 Å². The van der Waals surface area contributed by atoms with E-state index in [1.165, 1.54) is 0 Å². The van der Waals surface area contributed by atoms with E-state index >= 15 is 0 Å². The topological polar surface area (TPSA) is 97.1 Å². The summed E-state index contributed by atoms with van der Waals surface area (Å²) in [5, 5.41) is 5.62. The molecular formula is C24H26N4O2. The Hall–Kier alpha value is -3.51. The third-order valence-electron chi connectivity index (χ3n) is 4.73. The number of nitrogens with one attached hydrogen (secondary N) is 2. The number of hydrogen-bond donors (Lipinski definition) is 3. The first-order valence-electron chi connectivity index (χ1n) is 9.93. The average Bonchev–Trinajstić information content (AvgIpc) is 2.79. The molecule has 2 amide bonds. The number of amides is 2. The zero-order chi connectivity index (χ0) is 21.2. The fourth-order valence-corrected chi connectivity index (χ4v) is 3.17. The number of benzene rings is 2. The molecule has 1 unspecified atom stereocenters. The molecule has 0 aliphatic carbocycles. The van der Waals surface area contributed by atoms with Crippen LogP contribution >= 0.6 is 0 Å². The van der Waals surface area contributed by atoms with Crippen LogP contribution in [-0.4, -0.2) is 29.4 Å². The Balaban J connectivity index is 1.55. The predicted molar refractivity (Wildman–Crippen MR) is 116 cm³/mol. The van der Waals surface area contributed by atoms with Gasteiger partial charge in [-0.1, -0.05) is 66.7 Å². The van der Waals surface area contributed by atoms with Crippen molar-refractivity contribution < 1.29 is 9.59 Å². The average molecular weight is 402 g/mol. The monoisotopic (exact) mass is 402 g/mol. The number of nitrogens with two attached hydrogens (primary N) is 1. The summed E-state index contributed by atoms with van der Waals surface area (Å²) in [5.74, 6) is -0.630. The lowest BCUT2D eigenvalue weighted by molar-refractivity contribution is -0.127. The van der Waals surface area contributed by atoms with E-state index in [0.29, 0.717) is 12.8 Å². The summed E-state index contributed by atoms with van der Waals surface area (Å²) in [7, 11) is 0. The van der Waals surface area contributed by atoms with Crippen molar-refractivity contribution >= 4 is 11.8 Å². The molecule has 0 radical (unpaired) electrons. The molecule has 0 spiro atoms. The fraction of sp³-hybridized carbons (Fsp3) is 0.208. The lowest BCUT2D eigenvalue weighted by Gasteiger charge is -2.20. The van der Waals surface area contributed by atoms with Gasteiger partial charge in [0.15, 0.2) is 0 Å². The highest BCUT2D eigenvalue weighted by atomic mass is 16.2. The molecule has 2 atom stereocenters. The van der Waals surface area contributed by atoms with E-state index in [4.69, 9.17) is 5.73 Å². The third-order valence-corrected chi connectivity index (χ3v) is 4.73. The molecule has 4 N–H and O–H groups in total. The smallest absolute Gasteiger partial charge is 0.239 e. The van der Waals surface area contributed by atoms with Gasteiger partial charge in [0, 0.05) is 18.3 Å². The van der Waals surface area contributed by atoms with Crippen LogP contribution < -0.4 is 16.4 Å². The quantitative estimate of drug-likeness (QED) is 0.511. The van der Waals surface area contributed by atoms with Gasteiger partial charge in [-0.25, -0.2) is 0 Å². The molecule has 0 fully saturated rings. The van der Waals surface area contributed by atoms with Gasteiger partial charge in [0.05, 0.1) is 18.6 Å². The molecule has 0 saturated carbocycles. The molecule has 6 heteroatoms. The molecule has 0 aliphatic heterocycles. The molecule has 2 aromatic carbocycles. The third kappa shape index (κ3) is 6.53. The number of carbonyl (C=O) groups excluding carboxylic acids is 2. The highest BCUT2D eigenvalue weighted by Crippen LogP contribution is 2.17. The number of carbonyl (C=O) groups is 2. The van der Waals surface area contributed by atoms with Crippen molar-refractivity contribution in [1.29, 1.82) is 0 Å². The SMILES string of the molecule is N[C@H](Cc1ccccc1)C(=O)NCC(=O)NC(Cc1ccccn1)c1ccccc1. The molecule has 6 nitrogen and oxygen atoms in total. The van der Waals surface area contributed by atoms with Crippen molar-refractivity contribution in [3.8, 4) is 0 Å². The van der Waals surface area contributed by atoms with Gasteiger partial charge in [-0.15, -0.1) is 0 Å². The summed E-state index contributed by atoms with van der Waals surface area (Å²) in [6.07, 6.45) is 2.70. The maximum absolute atomic E-state index is 12.5. The van der Waals surface area contributed by atoms with E-state index in [1.54, 1.807) is 6.20 Å². The first-order chi connectivity index (χ1) is 14.6. The lowest BCUT2D eigenvalue weighted by Crippen LogP contribution is -2.46. The van der Waals surface area contributed by atoms with Crippen LogP contribution in [0, 0.1) is 0 Å². The second kappa shape index (κ2) is 10.9. The summed E-state index contributed by atoms with van der Waals surface area (Å²) >= 11 is 0. The number of pyridine rings is 1. The van der Waals surface area contributed by atoms with Gasteiger partial charge in [0.1, 0.15) is 0 Å². The first-order valence-corrected chi connectivity index (χ1v) is 9.93. The molecule has 0 saturated heterocycles. The maximum atomic E-state index is 12.5. The van der Waals surface area contributed by atoms with E-state index in [-0.39, 0.29) is 24.4 Å². The Bertz CT molecular complexity index is 933. The predicted octanol–water partition coefficient (Wildman–Crippen LogP) is 2.17. The van der Waals surface area contributed by atoms with Gasteiger partial charge in [-0.05, 0) is 29.7 Å². The Morgan fingerprint density at radius 1 is 0.867 bits per heavy atom. The summed E-state index contributed by atoms with van der Waals surface area (Å²) in [4.78, 5) is 29.1. The van der Waals surface area contributed by atoms with Crippen LogP contribution in [-0.2, 0) is 22.4 Å². The normalized spacial score (nSPS) is 12.6. The maximum Gasteiger partial charge on any atom is 0.239 e. The van der Waals surface area contributed by atoms with Crippen LogP contribution in [0.5, 0.6) is 0 Å². The standard InChI is InChI=1S/C24H26N4O2/c25-21(15-18-9-3-1-4-10-18)24(30)27-17-23(29)28-22(19-11-5-2-6-12-19)16-20-13-7-8-14-26-20/h1-14,21-22H,15-17,25H2,(H,27,30)(H,28,29)/t21-,22?/m1/s1. The Labute approximate surface area is 176 Å². The summed E-state index contributed by atoms with van der Waals surface area (Å²) in [6.45, 7) is -0.132. The molecular weight excluding hydrogens is 376 g/mol. The molecule has 0 bridgehead atoms. The molecule has 1 aromatic heterocycles. The first kappa shape index (κ1) is 21.2. The van der Waals surface area contributed by atoms with Gasteiger partial charge in [0.2, 0.25) is 11.8 Å². The lowest BCUT2D eigenvalue weighted by atomic mass is 10.0. The van der Waals surface area contributed by atoms with E-state index < -0.39 is 6.04 Å². The molecule has 3 rings (SSSR count). The highest BCUT2D eigenvalue weighted by Gasteiger charge is 2.18. The van der Waals surface area contributed by atoms with E-state index in [0.717, 1.165) is 16.8 Å². The number of aromatic nitrogens is 1. The van der Waals surface area contributed by atoms with Gasteiger partial charge >= 0.3 is 0 Å². The zero-order valence-electron chi connectivity index (χ0n) is 16.7. The summed E-state index contributed by atoms with van der Waals surface area (Å²) in [5.41, 5.74) is 8.81. The number of nitrogens with zero attached hydrogens (tertiary/aromatic N) is 1. The Kier molecular flexibility index (Phi) is 7.69. The van der Waals surface area contributed by atoms with Gasteiger partial charge in [-0.2, -0.15) is 0 Å². The van der Waals surface area contributed by atoms with E-state index in [9.17, 15) is 9.59 Å². The number of rotatable bonds is 9. The van der Waals surface area contributed by atoms with E-state index in [2.05, 4.69) is 15.6 Å². The van der Waals surface area contributed by atoms with Crippen LogP contribution in [0.2, 0.25) is 0 Å². The molecule has 1 heterocycles. The van der Waals surface area contributed by atoms with Crippen molar-refractivity contribution in [1.82, 2.24) is 15.6 Å². The largest absolute Gasteiger partial charge is 0.347 e. The fourth-order valence-electron chi connectivity index (χ4n) is 3.17. The molecule has 154 valence electrons. The zero-order valence-corrected chi connectivity index (χ0v) is 16.7. The van der Waals surface area contributed by atoms with Crippen molar-refractivity contribution in [2.24, 2.45) is 5.73 Å². The van der Waals surface area contributed by atoms with Gasteiger partial charge < -0.3 is 16.4 Å². The van der Waals surface area contributed by atoms with Crippen molar-refractivity contribution in [2.45, 2.75) is 24.9 Å². The minimum absolute atomic E-state index is 0.132. The Morgan fingerprint density at radius 3 is 2.20 bits per heavy atom. The van der Waals surface area contributed by atoms with Crippen LogP contribution in [0.3, 0.4) is 0 Å². The van der Waals surface area contributed by atoms with Crippen LogP contribution in [0.1, 0.15) is 22.9 Å². The number of hydrogen-bond acceptors (Lipinski definition) is 4. The van der Waals surface area contributed by atoms with Crippen molar-refractivity contribution in [2.75, 3.05) is 6.54 Å². The van der Waals surface area contributed by atoms with Crippen LogP contribution in [0.15, 0.2) is 85.1 Å². The van der Waals surface area contributed by atoms with Crippen LogP contribution in [0.25, 0.3) is 0 Å². The van der Waals surface area contributed by atoms with Gasteiger partial charge in [-0.3, -0.25) is 14.6 Å². The molecule has 3 aromatic rings. The minimum Gasteiger partial charge on any atom is -0.347 e. The second-order valence-electron chi connectivity index (χ2n) is 7.07. The van der Waals surface area contributed by atoms with Crippen LogP contribution in [0.4, 0.5) is 0 Å². The second-order valence-corrected chi connectivity index (χ2v) is 7.07. The van der Waals surface area contributed by atoms with Crippen molar-refractivity contribution in [3.05, 3.63) is 102 Å². The van der Waals surface area contributed by atoms with Crippen molar-refractivity contribution in [3.63, 3.8) is 0 Å². The Morgan fingerprint density at radius 2 is 1.53 bits per heavy atom. The highest BCUT2D eigenvalue weighted by molar-refractivity contribution is 5.87. The van der Waals surface area contributed by atoms with Gasteiger partial charge in [0.25, 0.3) is 0 Å². The minimum atomic E-state index is -0.710.